The highest BCUT2D eigenvalue weighted by molar-refractivity contribution is 7.92. The maximum Gasteiger partial charge on any atom is 0.243 e. The Morgan fingerprint density at radius 1 is 1.24 bits per heavy atom. The third-order valence-electron chi connectivity index (χ3n) is 4.76. The molecule has 0 aliphatic carbocycles. The van der Waals surface area contributed by atoms with E-state index in [2.05, 4.69) is 10.2 Å². The Kier molecular flexibility index (Phi) is 8.54. The topological polar surface area (TPSA) is 97.4 Å². The predicted octanol–water partition coefficient (Wildman–Crippen LogP) is 0.697. The maximum absolute atomic E-state index is 12.6. The van der Waals surface area contributed by atoms with E-state index in [0.29, 0.717) is 23.7 Å². The number of carbonyl (C=O) groups is 1. The van der Waals surface area contributed by atoms with Crippen molar-refractivity contribution in [3.8, 4) is 11.5 Å². The van der Waals surface area contributed by atoms with Crippen LogP contribution < -0.4 is 19.1 Å². The van der Waals surface area contributed by atoms with Crippen molar-refractivity contribution in [3.05, 3.63) is 18.2 Å². The van der Waals surface area contributed by atoms with Gasteiger partial charge in [-0.1, -0.05) is 0 Å². The number of morpholine rings is 1. The number of anilines is 1. The summed E-state index contributed by atoms with van der Waals surface area (Å²) in [6.45, 7) is 6.16. The van der Waals surface area contributed by atoms with E-state index in [1.165, 1.54) is 14.2 Å². The van der Waals surface area contributed by atoms with Crippen LogP contribution in [0.15, 0.2) is 18.2 Å². The first kappa shape index (κ1) is 23.2. The number of amides is 1. The summed E-state index contributed by atoms with van der Waals surface area (Å²) in [5, 5.41) is 2.84. The Morgan fingerprint density at radius 2 is 1.90 bits per heavy atom. The first-order valence-corrected chi connectivity index (χ1v) is 11.4. The molecule has 2 rings (SSSR count). The molecule has 1 atom stereocenters. The number of hydrogen-bond donors (Lipinski definition) is 1. The van der Waals surface area contributed by atoms with E-state index < -0.39 is 16.1 Å². The van der Waals surface area contributed by atoms with E-state index in [-0.39, 0.29) is 5.91 Å². The Labute approximate surface area is 173 Å². The van der Waals surface area contributed by atoms with E-state index >= 15 is 0 Å². The summed E-state index contributed by atoms with van der Waals surface area (Å²) in [7, 11) is -0.732. The summed E-state index contributed by atoms with van der Waals surface area (Å²) >= 11 is 0. The molecule has 0 aromatic heterocycles. The molecule has 0 saturated carbocycles. The summed E-state index contributed by atoms with van der Waals surface area (Å²) < 4.78 is 41.7. The molecule has 1 heterocycles. The Bertz CT molecular complexity index is 780. The van der Waals surface area contributed by atoms with Crippen LogP contribution in [0.3, 0.4) is 0 Å². The molecule has 1 aliphatic heterocycles. The molecular weight excluding hydrogens is 398 g/mol. The zero-order valence-electron chi connectivity index (χ0n) is 17.5. The summed E-state index contributed by atoms with van der Waals surface area (Å²) in [5.41, 5.74) is 0.334. The summed E-state index contributed by atoms with van der Waals surface area (Å²) in [6, 6.07) is 3.83. The van der Waals surface area contributed by atoms with Gasteiger partial charge in [-0.3, -0.25) is 14.0 Å². The average Bonchev–Trinajstić information content (AvgIpc) is 2.70. The van der Waals surface area contributed by atoms with Crippen LogP contribution in [0.25, 0.3) is 0 Å². The van der Waals surface area contributed by atoms with Gasteiger partial charge in [0.05, 0.1) is 39.4 Å². The number of carbonyl (C=O) groups excluding carboxylic acids is 1. The Morgan fingerprint density at radius 3 is 2.48 bits per heavy atom. The van der Waals surface area contributed by atoms with Gasteiger partial charge < -0.3 is 19.5 Å². The Hall–Kier alpha value is -2.04. The first-order valence-electron chi connectivity index (χ1n) is 9.57. The molecular formula is C19H31N3O6S. The molecule has 164 valence electrons. The zero-order chi connectivity index (χ0) is 21.4. The lowest BCUT2D eigenvalue weighted by molar-refractivity contribution is -0.121. The number of hydrogen-bond acceptors (Lipinski definition) is 7. The molecule has 1 aliphatic rings. The molecule has 10 heteroatoms. The van der Waals surface area contributed by atoms with Crippen molar-refractivity contribution in [2.45, 2.75) is 19.4 Å². The first-order chi connectivity index (χ1) is 13.8. The smallest absolute Gasteiger partial charge is 0.243 e. The molecule has 1 saturated heterocycles. The van der Waals surface area contributed by atoms with Crippen LogP contribution in [0.4, 0.5) is 5.69 Å². The summed E-state index contributed by atoms with van der Waals surface area (Å²) in [5.74, 6) is 0.508. The number of nitrogens with one attached hydrogen (secondary N) is 1. The van der Waals surface area contributed by atoms with Gasteiger partial charge in [0.15, 0.2) is 11.5 Å². The molecule has 1 amide bonds. The van der Waals surface area contributed by atoms with E-state index in [9.17, 15) is 13.2 Å². The van der Waals surface area contributed by atoms with E-state index in [4.69, 9.17) is 14.2 Å². The van der Waals surface area contributed by atoms with Gasteiger partial charge in [0.1, 0.15) is 6.04 Å². The maximum atomic E-state index is 12.6. The largest absolute Gasteiger partial charge is 0.493 e. The molecule has 1 aromatic carbocycles. The monoisotopic (exact) mass is 429 g/mol. The van der Waals surface area contributed by atoms with Gasteiger partial charge in [-0.05, 0) is 32.0 Å². The number of rotatable bonds is 10. The van der Waals surface area contributed by atoms with E-state index in [1.807, 2.05) is 0 Å². The van der Waals surface area contributed by atoms with Crippen molar-refractivity contribution in [2.24, 2.45) is 0 Å². The van der Waals surface area contributed by atoms with Crippen LogP contribution in [-0.4, -0.2) is 85.1 Å². The highest BCUT2D eigenvalue weighted by atomic mass is 32.2. The van der Waals surface area contributed by atoms with Crippen LogP contribution in [0.2, 0.25) is 0 Å². The SMILES string of the molecule is COc1ccc(N([C@H](C)C(=O)NCCCN2CCOCC2)S(C)(=O)=O)cc1OC. The van der Waals surface area contributed by atoms with Crippen molar-refractivity contribution in [1.29, 1.82) is 0 Å². The van der Waals surface area contributed by atoms with Gasteiger partial charge in [-0.25, -0.2) is 8.42 Å². The number of methoxy groups -OCH3 is 2. The fourth-order valence-corrected chi connectivity index (χ4v) is 4.42. The second kappa shape index (κ2) is 10.7. The van der Waals surface area contributed by atoms with Gasteiger partial charge in [0.25, 0.3) is 0 Å². The molecule has 0 spiro atoms. The minimum absolute atomic E-state index is 0.334. The number of ether oxygens (including phenoxy) is 3. The van der Waals surface area contributed by atoms with Gasteiger partial charge >= 0.3 is 0 Å². The molecule has 0 unspecified atom stereocenters. The quantitative estimate of drug-likeness (QED) is 0.547. The van der Waals surface area contributed by atoms with Gasteiger partial charge in [-0.15, -0.1) is 0 Å². The summed E-state index contributed by atoms with van der Waals surface area (Å²) in [4.78, 5) is 14.9. The lowest BCUT2D eigenvalue weighted by Crippen LogP contribution is -2.48. The third-order valence-corrected chi connectivity index (χ3v) is 6.01. The minimum atomic E-state index is -3.70. The number of sulfonamides is 1. The molecule has 29 heavy (non-hydrogen) atoms. The fourth-order valence-electron chi connectivity index (χ4n) is 3.26. The number of nitrogens with zero attached hydrogens (tertiary/aromatic N) is 2. The van der Waals surface area contributed by atoms with Crippen LogP contribution in [0.5, 0.6) is 11.5 Å². The summed E-state index contributed by atoms with van der Waals surface area (Å²) in [6.07, 6.45) is 1.86. The van der Waals surface area contributed by atoms with Crippen molar-refractivity contribution < 1.29 is 27.4 Å². The molecule has 1 fully saturated rings. The van der Waals surface area contributed by atoms with Crippen LogP contribution in [-0.2, 0) is 19.6 Å². The highest BCUT2D eigenvalue weighted by Crippen LogP contribution is 2.33. The highest BCUT2D eigenvalue weighted by Gasteiger charge is 2.29. The molecule has 0 radical (unpaired) electrons. The predicted molar refractivity (Wildman–Crippen MR) is 111 cm³/mol. The normalized spacial score (nSPS) is 16.1. The van der Waals surface area contributed by atoms with Gasteiger partial charge in [0.2, 0.25) is 15.9 Å². The van der Waals surface area contributed by atoms with Gasteiger partial charge in [-0.2, -0.15) is 0 Å². The van der Waals surface area contributed by atoms with E-state index in [0.717, 1.165) is 49.8 Å². The fraction of sp³-hybridized carbons (Fsp3) is 0.632. The second-order valence-corrected chi connectivity index (χ2v) is 8.73. The van der Waals surface area contributed by atoms with Crippen molar-refractivity contribution in [2.75, 3.05) is 64.2 Å². The molecule has 1 aromatic rings. The van der Waals surface area contributed by atoms with Crippen LogP contribution >= 0.6 is 0 Å². The number of benzene rings is 1. The van der Waals surface area contributed by atoms with Crippen molar-refractivity contribution in [1.82, 2.24) is 10.2 Å². The minimum Gasteiger partial charge on any atom is -0.493 e. The standard InChI is InChI=1S/C19H31N3O6S/c1-15(19(23)20-8-5-9-21-10-12-28-13-11-21)22(29(4,24)25)16-6-7-17(26-2)18(14-16)27-3/h6-7,14-15H,5,8-13H2,1-4H3,(H,20,23)/t15-/m1/s1. The van der Waals surface area contributed by atoms with Crippen LogP contribution in [0, 0.1) is 0 Å². The van der Waals surface area contributed by atoms with Crippen LogP contribution in [0.1, 0.15) is 13.3 Å². The molecule has 9 nitrogen and oxygen atoms in total. The molecule has 0 bridgehead atoms. The molecule has 1 N–H and O–H groups in total. The lowest BCUT2D eigenvalue weighted by atomic mass is 10.2. The zero-order valence-corrected chi connectivity index (χ0v) is 18.3. The van der Waals surface area contributed by atoms with Gasteiger partial charge in [0, 0.05) is 25.7 Å². The Balaban J connectivity index is 2.02. The average molecular weight is 430 g/mol. The van der Waals surface area contributed by atoms with Crippen molar-refractivity contribution in [3.63, 3.8) is 0 Å². The lowest BCUT2D eigenvalue weighted by Gasteiger charge is -2.29. The second-order valence-electron chi connectivity index (χ2n) is 6.87. The third kappa shape index (κ3) is 6.48. The van der Waals surface area contributed by atoms with Crippen molar-refractivity contribution >= 4 is 21.6 Å². The van der Waals surface area contributed by atoms with E-state index in [1.54, 1.807) is 25.1 Å².